The first kappa shape index (κ1) is 21.4. The molecule has 7 heteroatoms. The second kappa shape index (κ2) is 8.36. The van der Waals surface area contributed by atoms with E-state index in [4.69, 9.17) is 9.72 Å². The fourth-order valence-electron chi connectivity index (χ4n) is 4.79. The van der Waals surface area contributed by atoms with Crippen molar-refractivity contribution in [3.63, 3.8) is 0 Å². The highest BCUT2D eigenvalue weighted by molar-refractivity contribution is 6.00. The summed E-state index contributed by atoms with van der Waals surface area (Å²) in [7, 11) is 3.50. The van der Waals surface area contributed by atoms with Crippen LogP contribution in [0.4, 0.5) is 23.1 Å². The highest BCUT2D eigenvalue weighted by atomic mass is 16.5. The Labute approximate surface area is 185 Å². The summed E-state index contributed by atoms with van der Waals surface area (Å²) in [6.07, 6.45) is 6.55. The van der Waals surface area contributed by atoms with Crippen molar-refractivity contribution in [2.24, 2.45) is 5.41 Å². The minimum atomic E-state index is -0.487. The fourth-order valence-corrected chi connectivity index (χ4v) is 4.79. The van der Waals surface area contributed by atoms with Gasteiger partial charge in [0.05, 0.1) is 18.7 Å². The first-order chi connectivity index (χ1) is 14.9. The summed E-state index contributed by atoms with van der Waals surface area (Å²) in [5, 5.41) is 0. The van der Waals surface area contributed by atoms with Crippen LogP contribution < -0.4 is 19.4 Å². The molecule has 0 saturated heterocycles. The van der Waals surface area contributed by atoms with Crippen molar-refractivity contribution in [2.75, 3.05) is 41.9 Å². The SMILES string of the molecule is CCN(c1ccc(OC)cc1)c1ncc2c(n1)N(C1CCCC1)CC(C)(C)C(=O)N2C. The first-order valence-electron chi connectivity index (χ1n) is 11.2. The molecule has 0 N–H and O–H groups in total. The Kier molecular flexibility index (Phi) is 5.77. The van der Waals surface area contributed by atoms with Crippen molar-refractivity contribution in [3.05, 3.63) is 30.5 Å². The van der Waals surface area contributed by atoms with Crippen LogP contribution in [0, 0.1) is 5.41 Å². The van der Waals surface area contributed by atoms with E-state index in [-0.39, 0.29) is 5.91 Å². The van der Waals surface area contributed by atoms with Crippen LogP contribution in [0.5, 0.6) is 5.75 Å². The Bertz CT molecular complexity index is 937. The van der Waals surface area contributed by atoms with Gasteiger partial charge in [0.1, 0.15) is 11.4 Å². The number of methoxy groups -OCH3 is 1. The Hall–Kier alpha value is -2.83. The third-order valence-electron chi connectivity index (χ3n) is 6.53. The predicted octanol–water partition coefficient (Wildman–Crippen LogP) is 4.39. The standard InChI is InChI=1S/C24H33N5O2/c1-6-28(18-11-13-19(31-5)14-12-18)23-25-15-20-21(26-23)29(17-9-7-8-10-17)16-24(2,3)22(30)27(20)4/h11-15,17H,6-10,16H2,1-5H3. The average Bonchev–Trinajstić information content (AvgIpc) is 3.30. The van der Waals surface area contributed by atoms with Crippen LogP contribution in [0.1, 0.15) is 46.5 Å². The zero-order valence-electron chi connectivity index (χ0n) is 19.3. The molecule has 0 radical (unpaired) electrons. The van der Waals surface area contributed by atoms with Crippen LogP contribution in [0.2, 0.25) is 0 Å². The van der Waals surface area contributed by atoms with E-state index in [0.717, 1.165) is 42.3 Å². The molecule has 7 nitrogen and oxygen atoms in total. The molecule has 1 aliphatic carbocycles. The van der Waals surface area contributed by atoms with Crippen molar-refractivity contribution in [2.45, 2.75) is 52.5 Å². The number of hydrogen-bond acceptors (Lipinski definition) is 6. The minimum Gasteiger partial charge on any atom is -0.497 e. The number of fused-ring (bicyclic) bond motifs is 1. The van der Waals surface area contributed by atoms with Gasteiger partial charge in [-0.2, -0.15) is 4.98 Å². The predicted molar refractivity (Wildman–Crippen MR) is 124 cm³/mol. The topological polar surface area (TPSA) is 61.8 Å². The highest BCUT2D eigenvalue weighted by Crippen LogP contribution is 2.41. The third-order valence-corrected chi connectivity index (χ3v) is 6.53. The average molecular weight is 424 g/mol. The Morgan fingerprint density at radius 2 is 1.87 bits per heavy atom. The van der Waals surface area contributed by atoms with E-state index in [2.05, 4.69) is 21.7 Å². The molecule has 2 aromatic rings. The van der Waals surface area contributed by atoms with E-state index in [1.807, 2.05) is 51.4 Å². The van der Waals surface area contributed by atoms with Gasteiger partial charge >= 0.3 is 0 Å². The van der Waals surface area contributed by atoms with Crippen LogP contribution in [-0.2, 0) is 4.79 Å². The number of aromatic nitrogens is 2. The lowest BCUT2D eigenvalue weighted by Crippen LogP contribution is -2.45. The van der Waals surface area contributed by atoms with Crippen molar-refractivity contribution < 1.29 is 9.53 Å². The highest BCUT2D eigenvalue weighted by Gasteiger charge is 2.41. The number of ether oxygens (including phenoxy) is 1. The van der Waals surface area contributed by atoms with Crippen molar-refractivity contribution in [1.29, 1.82) is 0 Å². The van der Waals surface area contributed by atoms with Gasteiger partial charge in [-0.1, -0.05) is 12.8 Å². The van der Waals surface area contributed by atoms with Crippen molar-refractivity contribution >= 4 is 29.0 Å². The molecular weight excluding hydrogens is 390 g/mol. The number of rotatable bonds is 5. The number of carbonyl (C=O) groups excluding carboxylic acids is 1. The summed E-state index contributed by atoms with van der Waals surface area (Å²) in [5.74, 6) is 2.44. The van der Waals surface area contributed by atoms with Crippen LogP contribution in [0.3, 0.4) is 0 Å². The quantitative estimate of drug-likeness (QED) is 0.711. The maximum absolute atomic E-state index is 13.2. The van der Waals surface area contributed by atoms with E-state index in [1.54, 1.807) is 12.0 Å². The van der Waals surface area contributed by atoms with Crippen molar-refractivity contribution in [1.82, 2.24) is 9.97 Å². The van der Waals surface area contributed by atoms with Crippen LogP contribution in [0.15, 0.2) is 30.5 Å². The van der Waals surface area contributed by atoms with Gasteiger partial charge in [0.25, 0.3) is 0 Å². The normalized spacial score (nSPS) is 18.7. The Morgan fingerprint density at radius 3 is 2.48 bits per heavy atom. The molecule has 1 fully saturated rings. The van der Waals surface area contributed by atoms with Gasteiger partial charge in [-0.25, -0.2) is 4.98 Å². The van der Waals surface area contributed by atoms with Gasteiger partial charge in [-0.15, -0.1) is 0 Å². The number of amides is 1. The summed E-state index contributed by atoms with van der Waals surface area (Å²) in [6.45, 7) is 7.55. The summed E-state index contributed by atoms with van der Waals surface area (Å²) < 4.78 is 5.30. The molecule has 1 aromatic heterocycles. The van der Waals surface area contributed by atoms with Gasteiger partial charge in [0.2, 0.25) is 11.9 Å². The van der Waals surface area contributed by atoms with Gasteiger partial charge < -0.3 is 19.4 Å². The smallest absolute Gasteiger partial charge is 0.234 e. The molecular formula is C24H33N5O2. The summed E-state index contributed by atoms with van der Waals surface area (Å²) in [6, 6.07) is 8.34. The zero-order valence-corrected chi connectivity index (χ0v) is 19.3. The molecule has 1 saturated carbocycles. The van der Waals surface area contributed by atoms with Crippen LogP contribution >= 0.6 is 0 Å². The molecule has 1 aromatic carbocycles. The molecule has 2 heterocycles. The monoisotopic (exact) mass is 423 g/mol. The van der Waals surface area contributed by atoms with E-state index >= 15 is 0 Å². The molecule has 1 aliphatic heterocycles. The Morgan fingerprint density at radius 1 is 1.19 bits per heavy atom. The van der Waals surface area contributed by atoms with Crippen LogP contribution in [-0.4, -0.2) is 49.2 Å². The summed E-state index contributed by atoms with van der Waals surface area (Å²) in [4.78, 5) is 29.1. The Balaban J connectivity index is 1.79. The number of nitrogens with zero attached hydrogens (tertiary/aromatic N) is 5. The lowest BCUT2D eigenvalue weighted by atomic mass is 9.91. The molecule has 0 unspecified atom stereocenters. The van der Waals surface area contributed by atoms with E-state index in [1.165, 1.54) is 12.8 Å². The molecule has 1 amide bonds. The summed E-state index contributed by atoms with van der Waals surface area (Å²) >= 11 is 0. The number of hydrogen-bond donors (Lipinski definition) is 0. The fraction of sp³-hybridized carbons (Fsp3) is 0.542. The number of carbonyl (C=O) groups is 1. The number of anilines is 4. The molecule has 0 atom stereocenters. The van der Waals surface area contributed by atoms with Crippen molar-refractivity contribution in [3.8, 4) is 5.75 Å². The van der Waals surface area contributed by atoms with Gasteiger partial charge in [0.15, 0.2) is 5.82 Å². The first-order valence-corrected chi connectivity index (χ1v) is 11.2. The van der Waals surface area contributed by atoms with Gasteiger partial charge in [0, 0.05) is 31.9 Å². The molecule has 0 bridgehead atoms. The zero-order chi connectivity index (χ0) is 22.2. The van der Waals surface area contributed by atoms with Gasteiger partial charge in [-0.05, 0) is 57.9 Å². The van der Waals surface area contributed by atoms with E-state index < -0.39 is 5.41 Å². The molecule has 166 valence electrons. The maximum Gasteiger partial charge on any atom is 0.234 e. The molecule has 2 aliphatic rings. The molecule has 31 heavy (non-hydrogen) atoms. The molecule has 4 rings (SSSR count). The van der Waals surface area contributed by atoms with E-state index in [0.29, 0.717) is 18.5 Å². The second-order valence-electron chi connectivity index (χ2n) is 9.14. The van der Waals surface area contributed by atoms with Gasteiger partial charge in [-0.3, -0.25) is 4.79 Å². The largest absolute Gasteiger partial charge is 0.497 e. The van der Waals surface area contributed by atoms with Crippen LogP contribution in [0.25, 0.3) is 0 Å². The van der Waals surface area contributed by atoms with E-state index in [9.17, 15) is 4.79 Å². The maximum atomic E-state index is 13.2. The molecule has 0 spiro atoms. The number of benzene rings is 1. The lowest BCUT2D eigenvalue weighted by molar-refractivity contribution is -0.125. The second-order valence-corrected chi connectivity index (χ2v) is 9.14. The summed E-state index contributed by atoms with van der Waals surface area (Å²) in [5.41, 5.74) is 1.31. The third kappa shape index (κ3) is 3.93. The minimum absolute atomic E-state index is 0.105. The lowest BCUT2D eigenvalue weighted by Gasteiger charge is -2.34.